The summed E-state index contributed by atoms with van der Waals surface area (Å²) in [5, 5.41) is 14.8. The quantitative estimate of drug-likeness (QED) is 0.777. The molecule has 4 nitrogen and oxygen atoms in total. The van der Waals surface area contributed by atoms with E-state index in [1.54, 1.807) is 12.3 Å². The predicted molar refractivity (Wildman–Crippen MR) is 79.9 cm³/mol. The normalized spacial score (nSPS) is 10.7. The van der Waals surface area contributed by atoms with E-state index in [1.807, 2.05) is 29.6 Å². The minimum absolute atomic E-state index is 0.136. The second kappa shape index (κ2) is 5.40. The number of amides is 1. The third-order valence-corrected chi connectivity index (χ3v) is 4.02. The Morgan fingerprint density at radius 3 is 3.00 bits per heavy atom. The fourth-order valence-corrected chi connectivity index (χ4v) is 2.96. The Morgan fingerprint density at radius 1 is 1.30 bits per heavy atom. The molecule has 3 aromatic rings. The lowest BCUT2D eigenvalue weighted by Gasteiger charge is -2.08. The summed E-state index contributed by atoms with van der Waals surface area (Å²) in [6, 6.07) is 9.46. The average molecular weight is 284 g/mol. The molecule has 0 aliphatic carbocycles. The molecule has 2 N–H and O–H groups in total. The van der Waals surface area contributed by atoms with Gasteiger partial charge in [-0.1, -0.05) is 18.2 Å². The number of anilines is 1. The number of pyridine rings is 1. The Hall–Kier alpha value is -2.24. The van der Waals surface area contributed by atoms with Gasteiger partial charge in [0.1, 0.15) is 0 Å². The van der Waals surface area contributed by atoms with Gasteiger partial charge in [-0.15, -0.1) is 11.3 Å². The first kappa shape index (κ1) is 12.8. The zero-order valence-electron chi connectivity index (χ0n) is 10.5. The molecule has 100 valence electrons. The van der Waals surface area contributed by atoms with E-state index in [2.05, 4.69) is 10.3 Å². The summed E-state index contributed by atoms with van der Waals surface area (Å²) in [6.07, 6.45) is 3.12. The number of rotatable bonds is 3. The topological polar surface area (TPSA) is 62.2 Å². The van der Waals surface area contributed by atoms with Crippen LogP contribution in [0.1, 0.15) is 15.9 Å². The first-order valence-electron chi connectivity index (χ1n) is 6.11. The van der Waals surface area contributed by atoms with Crippen LogP contribution in [0.5, 0.6) is 0 Å². The number of thiophene rings is 1. The van der Waals surface area contributed by atoms with Crippen LogP contribution in [0.4, 0.5) is 5.69 Å². The lowest BCUT2D eigenvalue weighted by molar-refractivity contribution is 0.102. The van der Waals surface area contributed by atoms with Gasteiger partial charge in [0.25, 0.3) is 5.91 Å². The minimum atomic E-state index is -0.190. The molecule has 0 radical (unpaired) electrons. The number of benzene rings is 1. The maximum Gasteiger partial charge on any atom is 0.257 e. The van der Waals surface area contributed by atoms with E-state index >= 15 is 0 Å². The molecule has 1 aromatic carbocycles. The second-order valence-corrected chi connectivity index (χ2v) is 5.20. The number of aliphatic hydroxyl groups is 1. The van der Waals surface area contributed by atoms with Gasteiger partial charge in [-0.25, -0.2) is 0 Å². The lowest BCUT2D eigenvalue weighted by atomic mass is 10.1. The van der Waals surface area contributed by atoms with Crippen molar-refractivity contribution in [2.24, 2.45) is 0 Å². The van der Waals surface area contributed by atoms with Gasteiger partial charge in [0.2, 0.25) is 0 Å². The zero-order chi connectivity index (χ0) is 13.9. The summed E-state index contributed by atoms with van der Waals surface area (Å²) in [5.74, 6) is -0.190. The molecule has 5 heteroatoms. The molecule has 0 aliphatic heterocycles. The van der Waals surface area contributed by atoms with Crippen molar-refractivity contribution in [1.29, 1.82) is 0 Å². The highest BCUT2D eigenvalue weighted by Gasteiger charge is 2.13. The third-order valence-electron chi connectivity index (χ3n) is 3.06. The first-order valence-corrected chi connectivity index (χ1v) is 6.99. The van der Waals surface area contributed by atoms with Crippen molar-refractivity contribution in [3.63, 3.8) is 0 Å². The van der Waals surface area contributed by atoms with Gasteiger partial charge in [0.15, 0.2) is 0 Å². The predicted octanol–water partition coefficient (Wildman–Crippen LogP) is 3.04. The molecule has 0 spiro atoms. The number of hydrogen-bond acceptors (Lipinski definition) is 4. The Morgan fingerprint density at radius 2 is 2.15 bits per heavy atom. The Balaban J connectivity index is 1.93. The van der Waals surface area contributed by atoms with Crippen LogP contribution in [-0.4, -0.2) is 16.0 Å². The first-order chi connectivity index (χ1) is 9.79. The maximum atomic E-state index is 12.3. The maximum absolute atomic E-state index is 12.3. The van der Waals surface area contributed by atoms with Gasteiger partial charge in [-0.2, -0.15) is 0 Å². The number of aromatic nitrogens is 1. The Kier molecular flexibility index (Phi) is 3.45. The summed E-state index contributed by atoms with van der Waals surface area (Å²) >= 11 is 1.54. The fourth-order valence-electron chi connectivity index (χ4n) is 2.02. The van der Waals surface area contributed by atoms with Crippen molar-refractivity contribution in [2.75, 3.05) is 5.32 Å². The smallest absolute Gasteiger partial charge is 0.257 e. The van der Waals surface area contributed by atoms with E-state index in [0.29, 0.717) is 16.8 Å². The number of hydrogen-bond donors (Lipinski definition) is 2. The molecule has 3 rings (SSSR count). The highest BCUT2D eigenvalue weighted by Crippen LogP contribution is 2.26. The van der Waals surface area contributed by atoms with Gasteiger partial charge >= 0.3 is 0 Å². The van der Waals surface area contributed by atoms with Crippen LogP contribution in [0, 0.1) is 0 Å². The fraction of sp³-hybridized carbons (Fsp3) is 0.0667. The highest BCUT2D eigenvalue weighted by molar-refractivity contribution is 7.17. The number of carbonyl (C=O) groups is 1. The van der Waals surface area contributed by atoms with Crippen molar-refractivity contribution < 1.29 is 9.90 Å². The average Bonchev–Trinajstić information content (AvgIpc) is 2.92. The van der Waals surface area contributed by atoms with E-state index in [4.69, 9.17) is 0 Å². The Labute approximate surface area is 119 Å². The van der Waals surface area contributed by atoms with E-state index in [9.17, 15) is 9.90 Å². The molecule has 20 heavy (non-hydrogen) atoms. The molecule has 2 aromatic heterocycles. The minimum Gasteiger partial charge on any atom is -0.392 e. The van der Waals surface area contributed by atoms with Crippen LogP contribution in [0.25, 0.3) is 10.1 Å². The van der Waals surface area contributed by atoms with E-state index in [-0.39, 0.29) is 12.5 Å². The van der Waals surface area contributed by atoms with E-state index < -0.39 is 0 Å². The van der Waals surface area contributed by atoms with Crippen LogP contribution in [0.15, 0.2) is 48.1 Å². The molecular formula is C15H12N2O2S. The molecule has 0 saturated carbocycles. The number of fused-ring (bicyclic) bond motifs is 1. The molecule has 0 atom stereocenters. The summed E-state index contributed by atoms with van der Waals surface area (Å²) < 4.78 is 1.08. The van der Waals surface area contributed by atoms with E-state index in [0.717, 1.165) is 10.1 Å². The standard InChI is InChI=1S/C15H12N2O2S/c18-8-10-5-6-16-7-13(10)17-15(19)12-9-20-14-4-2-1-3-11(12)14/h1-7,9,18H,8H2,(H,17,19). The molecule has 0 fully saturated rings. The number of nitrogens with one attached hydrogen (secondary N) is 1. The van der Waals surface area contributed by atoms with Crippen molar-refractivity contribution >= 4 is 33.0 Å². The van der Waals surface area contributed by atoms with Crippen molar-refractivity contribution in [3.8, 4) is 0 Å². The van der Waals surface area contributed by atoms with Gasteiger partial charge in [-0.05, 0) is 12.1 Å². The number of carbonyl (C=O) groups excluding carboxylic acids is 1. The van der Waals surface area contributed by atoms with Gasteiger partial charge in [0.05, 0.1) is 24.1 Å². The van der Waals surface area contributed by atoms with Crippen LogP contribution >= 0.6 is 11.3 Å². The highest BCUT2D eigenvalue weighted by atomic mass is 32.1. The molecule has 1 amide bonds. The van der Waals surface area contributed by atoms with Crippen LogP contribution in [0.3, 0.4) is 0 Å². The molecule has 2 heterocycles. The molecule has 0 saturated heterocycles. The summed E-state index contributed by atoms with van der Waals surface area (Å²) in [6.45, 7) is -0.136. The summed E-state index contributed by atoms with van der Waals surface area (Å²) in [5.41, 5.74) is 1.82. The van der Waals surface area contributed by atoms with Crippen molar-refractivity contribution in [3.05, 3.63) is 59.2 Å². The second-order valence-electron chi connectivity index (χ2n) is 4.29. The van der Waals surface area contributed by atoms with Gasteiger partial charge in [0, 0.05) is 27.2 Å². The lowest BCUT2D eigenvalue weighted by Crippen LogP contribution is -2.13. The monoisotopic (exact) mass is 284 g/mol. The number of nitrogens with zero attached hydrogens (tertiary/aromatic N) is 1. The van der Waals surface area contributed by atoms with Crippen molar-refractivity contribution in [2.45, 2.75) is 6.61 Å². The summed E-state index contributed by atoms with van der Waals surface area (Å²) in [4.78, 5) is 16.3. The van der Waals surface area contributed by atoms with Gasteiger partial charge < -0.3 is 10.4 Å². The number of aliphatic hydroxyl groups excluding tert-OH is 1. The Bertz CT molecular complexity index is 767. The van der Waals surface area contributed by atoms with E-state index in [1.165, 1.54) is 17.5 Å². The molecule has 0 bridgehead atoms. The molecule has 0 unspecified atom stereocenters. The van der Waals surface area contributed by atoms with Gasteiger partial charge in [-0.3, -0.25) is 9.78 Å². The zero-order valence-corrected chi connectivity index (χ0v) is 11.4. The summed E-state index contributed by atoms with van der Waals surface area (Å²) in [7, 11) is 0. The molecule has 0 aliphatic rings. The largest absolute Gasteiger partial charge is 0.392 e. The van der Waals surface area contributed by atoms with Crippen LogP contribution < -0.4 is 5.32 Å². The van der Waals surface area contributed by atoms with Crippen molar-refractivity contribution in [1.82, 2.24) is 4.98 Å². The van der Waals surface area contributed by atoms with Crippen LogP contribution in [-0.2, 0) is 6.61 Å². The SMILES string of the molecule is O=C(Nc1cnccc1CO)c1csc2ccccc12. The van der Waals surface area contributed by atoms with Crippen LogP contribution in [0.2, 0.25) is 0 Å². The third kappa shape index (κ3) is 2.29. The molecular weight excluding hydrogens is 272 g/mol.